The molecule has 0 fully saturated rings. The number of aromatic nitrogens is 2. The van der Waals surface area contributed by atoms with Crippen LogP contribution in [0.2, 0.25) is 0 Å². The van der Waals surface area contributed by atoms with Crippen LogP contribution in [-0.2, 0) is 17.6 Å². The molecule has 0 spiro atoms. The zero-order chi connectivity index (χ0) is 10.4. The van der Waals surface area contributed by atoms with Crippen LogP contribution in [0.1, 0.15) is 37.7 Å². The summed E-state index contributed by atoms with van der Waals surface area (Å²) in [6.07, 6.45) is 6.07. The van der Waals surface area contributed by atoms with Crippen molar-refractivity contribution in [1.29, 1.82) is 0 Å². The Balaban J connectivity index is 2.38. The number of H-pyrrole nitrogens is 1. The molecule has 0 bridgehead atoms. The number of hydrogen-bond donors (Lipinski definition) is 2. The first-order valence-corrected chi connectivity index (χ1v) is 4.97. The molecule has 0 atom stereocenters. The van der Waals surface area contributed by atoms with Gasteiger partial charge in [-0.15, -0.1) is 0 Å². The quantitative estimate of drug-likeness (QED) is 0.681. The minimum absolute atomic E-state index is 0.00424. The highest BCUT2D eigenvalue weighted by atomic mass is 16.4. The van der Waals surface area contributed by atoms with Gasteiger partial charge in [-0.25, -0.2) is 4.98 Å². The minimum atomic E-state index is -0.836. The van der Waals surface area contributed by atoms with Crippen molar-refractivity contribution < 1.29 is 9.90 Å². The van der Waals surface area contributed by atoms with Crippen molar-refractivity contribution in [3.63, 3.8) is 0 Å². The van der Waals surface area contributed by atoms with Crippen LogP contribution >= 0.6 is 0 Å². The molecule has 1 heterocycles. The van der Waals surface area contributed by atoms with E-state index >= 15 is 0 Å². The summed E-state index contributed by atoms with van der Waals surface area (Å²) < 4.78 is 0. The van der Waals surface area contributed by atoms with Crippen LogP contribution in [0.15, 0.2) is 6.20 Å². The standard InChI is InChI=1S/C10H16N2O2/c1-2-3-4-5-9-11-7-8(12-9)6-10(13)14/h7H,2-6H2,1H3,(H,11,12)(H,13,14). The Labute approximate surface area is 83.4 Å². The van der Waals surface area contributed by atoms with Gasteiger partial charge in [0, 0.05) is 12.6 Å². The van der Waals surface area contributed by atoms with Gasteiger partial charge < -0.3 is 10.1 Å². The van der Waals surface area contributed by atoms with Gasteiger partial charge in [0.2, 0.25) is 0 Å². The molecular weight excluding hydrogens is 180 g/mol. The summed E-state index contributed by atoms with van der Waals surface area (Å²) in [7, 11) is 0. The SMILES string of the molecule is CCCCCc1nc(CC(=O)O)c[nH]1. The number of carbonyl (C=O) groups is 1. The first kappa shape index (κ1) is 10.8. The van der Waals surface area contributed by atoms with Crippen LogP contribution in [0.3, 0.4) is 0 Å². The molecule has 0 unspecified atom stereocenters. The highest BCUT2D eigenvalue weighted by molar-refractivity contribution is 5.69. The van der Waals surface area contributed by atoms with Crippen LogP contribution in [0, 0.1) is 0 Å². The highest BCUT2D eigenvalue weighted by Crippen LogP contribution is 2.04. The Bertz CT molecular complexity index is 294. The number of hydrogen-bond acceptors (Lipinski definition) is 2. The third-order valence-corrected chi connectivity index (χ3v) is 2.03. The lowest BCUT2D eigenvalue weighted by atomic mass is 10.2. The van der Waals surface area contributed by atoms with Crippen molar-refractivity contribution in [2.24, 2.45) is 0 Å². The van der Waals surface area contributed by atoms with Gasteiger partial charge in [-0.2, -0.15) is 0 Å². The normalized spacial score (nSPS) is 10.4. The van der Waals surface area contributed by atoms with E-state index in [1.54, 1.807) is 6.20 Å². The van der Waals surface area contributed by atoms with Crippen LogP contribution in [0.4, 0.5) is 0 Å². The first-order chi connectivity index (χ1) is 6.72. The molecule has 0 aromatic carbocycles. The van der Waals surface area contributed by atoms with Crippen molar-refractivity contribution in [1.82, 2.24) is 9.97 Å². The van der Waals surface area contributed by atoms with Gasteiger partial charge in [-0.1, -0.05) is 19.8 Å². The van der Waals surface area contributed by atoms with Gasteiger partial charge in [0.05, 0.1) is 12.1 Å². The average molecular weight is 196 g/mol. The number of carboxylic acids is 1. The Morgan fingerprint density at radius 3 is 3.00 bits per heavy atom. The Kier molecular flexibility index (Phi) is 4.16. The Hall–Kier alpha value is -1.32. The molecule has 2 N–H and O–H groups in total. The number of aliphatic carboxylic acids is 1. The maximum absolute atomic E-state index is 10.4. The van der Waals surface area contributed by atoms with Gasteiger partial charge in [0.1, 0.15) is 5.82 Å². The van der Waals surface area contributed by atoms with Crippen LogP contribution < -0.4 is 0 Å². The molecule has 1 rings (SSSR count). The molecule has 4 nitrogen and oxygen atoms in total. The molecule has 0 aliphatic heterocycles. The lowest BCUT2D eigenvalue weighted by molar-refractivity contribution is -0.136. The molecule has 0 radical (unpaired) electrons. The second-order valence-electron chi connectivity index (χ2n) is 3.37. The van der Waals surface area contributed by atoms with Gasteiger partial charge in [0.25, 0.3) is 0 Å². The molecule has 14 heavy (non-hydrogen) atoms. The molecular formula is C10H16N2O2. The predicted molar refractivity (Wildman–Crippen MR) is 53.2 cm³/mol. The number of aromatic amines is 1. The highest BCUT2D eigenvalue weighted by Gasteiger charge is 2.04. The summed E-state index contributed by atoms with van der Waals surface area (Å²) in [5.41, 5.74) is 0.615. The largest absolute Gasteiger partial charge is 0.481 e. The number of nitrogens with zero attached hydrogens (tertiary/aromatic N) is 1. The number of aryl methyl sites for hydroxylation is 1. The first-order valence-electron chi connectivity index (χ1n) is 4.97. The summed E-state index contributed by atoms with van der Waals surface area (Å²) in [5, 5.41) is 8.54. The summed E-state index contributed by atoms with van der Waals surface area (Å²) in [4.78, 5) is 17.6. The summed E-state index contributed by atoms with van der Waals surface area (Å²) in [6.45, 7) is 2.15. The van der Waals surface area contributed by atoms with Crippen molar-refractivity contribution >= 4 is 5.97 Å². The van der Waals surface area contributed by atoms with Gasteiger partial charge in [0.15, 0.2) is 0 Å². The van der Waals surface area contributed by atoms with E-state index in [2.05, 4.69) is 16.9 Å². The fourth-order valence-electron chi connectivity index (χ4n) is 1.32. The molecule has 0 saturated heterocycles. The number of carboxylic acid groups (broad SMARTS) is 1. The van der Waals surface area contributed by atoms with Crippen molar-refractivity contribution in [2.45, 2.75) is 39.0 Å². The monoisotopic (exact) mass is 196 g/mol. The zero-order valence-electron chi connectivity index (χ0n) is 8.42. The number of rotatable bonds is 6. The van der Waals surface area contributed by atoms with E-state index in [0.29, 0.717) is 5.69 Å². The van der Waals surface area contributed by atoms with Crippen LogP contribution in [0.25, 0.3) is 0 Å². The van der Waals surface area contributed by atoms with E-state index in [-0.39, 0.29) is 6.42 Å². The van der Waals surface area contributed by atoms with Crippen LogP contribution in [-0.4, -0.2) is 21.0 Å². The lowest BCUT2D eigenvalue weighted by Crippen LogP contribution is -2.00. The van der Waals surface area contributed by atoms with Crippen molar-refractivity contribution in [3.8, 4) is 0 Å². The predicted octanol–water partition coefficient (Wildman–Crippen LogP) is 1.77. The molecule has 0 saturated carbocycles. The summed E-state index contributed by atoms with van der Waals surface area (Å²) in [5.74, 6) is 0.0614. The van der Waals surface area contributed by atoms with Crippen molar-refractivity contribution in [3.05, 3.63) is 17.7 Å². The summed E-state index contributed by atoms with van der Waals surface area (Å²) >= 11 is 0. The minimum Gasteiger partial charge on any atom is -0.481 e. The van der Waals surface area contributed by atoms with Gasteiger partial charge >= 0.3 is 5.97 Å². The number of unbranched alkanes of at least 4 members (excludes halogenated alkanes) is 2. The van der Waals surface area contributed by atoms with Crippen molar-refractivity contribution in [2.75, 3.05) is 0 Å². The second kappa shape index (κ2) is 5.42. The molecule has 0 aliphatic carbocycles. The Morgan fingerprint density at radius 1 is 1.57 bits per heavy atom. The number of nitrogens with one attached hydrogen (secondary N) is 1. The molecule has 0 aliphatic rings. The van der Waals surface area contributed by atoms with E-state index in [4.69, 9.17) is 5.11 Å². The third-order valence-electron chi connectivity index (χ3n) is 2.03. The average Bonchev–Trinajstić information content (AvgIpc) is 2.52. The molecule has 1 aromatic rings. The van der Waals surface area contributed by atoms with Crippen LogP contribution in [0.5, 0.6) is 0 Å². The summed E-state index contributed by atoms with van der Waals surface area (Å²) in [6, 6.07) is 0. The lowest BCUT2D eigenvalue weighted by Gasteiger charge is -1.94. The van der Waals surface area contributed by atoms with E-state index < -0.39 is 5.97 Å². The van der Waals surface area contributed by atoms with Gasteiger partial charge in [-0.3, -0.25) is 4.79 Å². The molecule has 0 amide bonds. The third kappa shape index (κ3) is 3.60. The fourth-order valence-corrected chi connectivity index (χ4v) is 1.32. The fraction of sp³-hybridized carbons (Fsp3) is 0.600. The number of imidazole rings is 1. The second-order valence-corrected chi connectivity index (χ2v) is 3.37. The van der Waals surface area contributed by atoms with E-state index in [9.17, 15) is 4.79 Å². The molecule has 78 valence electrons. The maximum atomic E-state index is 10.4. The van der Waals surface area contributed by atoms with E-state index in [0.717, 1.165) is 18.7 Å². The molecule has 4 heteroatoms. The maximum Gasteiger partial charge on any atom is 0.309 e. The Morgan fingerprint density at radius 2 is 2.36 bits per heavy atom. The van der Waals surface area contributed by atoms with Gasteiger partial charge in [-0.05, 0) is 6.42 Å². The zero-order valence-corrected chi connectivity index (χ0v) is 8.42. The van der Waals surface area contributed by atoms with E-state index in [1.165, 1.54) is 12.8 Å². The topological polar surface area (TPSA) is 66.0 Å². The van der Waals surface area contributed by atoms with E-state index in [1.807, 2.05) is 0 Å². The molecule has 1 aromatic heterocycles. The smallest absolute Gasteiger partial charge is 0.309 e.